The van der Waals surface area contributed by atoms with Crippen LogP contribution in [0.15, 0.2) is 0 Å². The highest BCUT2D eigenvalue weighted by molar-refractivity contribution is 5.86. The summed E-state index contributed by atoms with van der Waals surface area (Å²) in [4.78, 5) is 41.5. The molecule has 4 rings (SSSR count). The van der Waals surface area contributed by atoms with Crippen LogP contribution >= 0.6 is 0 Å². The minimum absolute atomic E-state index is 0.0676. The van der Waals surface area contributed by atoms with Gasteiger partial charge in [-0.05, 0) is 32.1 Å². The van der Waals surface area contributed by atoms with Gasteiger partial charge in [0.15, 0.2) is 6.29 Å². The van der Waals surface area contributed by atoms with Gasteiger partial charge in [0, 0.05) is 32.1 Å². The van der Waals surface area contributed by atoms with E-state index in [9.17, 15) is 14.4 Å². The summed E-state index contributed by atoms with van der Waals surface area (Å²) in [6.45, 7) is 0. The van der Waals surface area contributed by atoms with Gasteiger partial charge in [0.2, 0.25) is 11.8 Å². The van der Waals surface area contributed by atoms with Crippen molar-refractivity contribution in [2.24, 2.45) is 11.8 Å². The van der Waals surface area contributed by atoms with E-state index in [1.165, 1.54) is 24.3 Å². The van der Waals surface area contributed by atoms with Gasteiger partial charge in [-0.15, -0.1) is 0 Å². The van der Waals surface area contributed by atoms with Crippen molar-refractivity contribution < 1.29 is 14.4 Å². The molecule has 26 heavy (non-hydrogen) atoms. The second-order valence-electron chi connectivity index (χ2n) is 8.23. The molecule has 2 saturated carbocycles. The van der Waals surface area contributed by atoms with E-state index in [-0.39, 0.29) is 35.7 Å². The van der Waals surface area contributed by atoms with Crippen LogP contribution in [0.25, 0.3) is 0 Å². The van der Waals surface area contributed by atoms with Crippen molar-refractivity contribution in [3.05, 3.63) is 0 Å². The van der Waals surface area contributed by atoms with E-state index in [4.69, 9.17) is 0 Å². The molecule has 0 radical (unpaired) electrons. The zero-order valence-corrected chi connectivity index (χ0v) is 15.6. The molecule has 0 aromatic rings. The first kappa shape index (κ1) is 17.6. The van der Waals surface area contributed by atoms with Gasteiger partial charge in [0.05, 0.1) is 5.92 Å². The molecule has 0 bridgehead atoms. The third-order valence-corrected chi connectivity index (χ3v) is 6.61. The first-order chi connectivity index (χ1) is 12.5. The zero-order chi connectivity index (χ0) is 18.4. The number of nitrogens with one attached hydrogen (secondary N) is 2. The molecular formula is C18H29N5O3. The number of carbonyl (C=O) groups excluding carboxylic acids is 3. The lowest BCUT2D eigenvalue weighted by Gasteiger charge is -2.48. The van der Waals surface area contributed by atoms with Crippen LogP contribution < -0.4 is 10.7 Å². The van der Waals surface area contributed by atoms with Crippen LogP contribution in [0.2, 0.25) is 0 Å². The molecule has 4 unspecified atom stereocenters. The Hall–Kier alpha value is -1.83. The van der Waals surface area contributed by atoms with Gasteiger partial charge in [0.25, 0.3) is 0 Å². The third kappa shape index (κ3) is 2.84. The van der Waals surface area contributed by atoms with Crippen LogP contribution in [0.5, 0.6) is 0 Å². The molecule has 8 heteroatoms. The van der Waals surface area contributed by atoms with Crippen molar-refractivity contribution in [3.8, 4) is 0 Å². The van der Waals surface area contributed by atoms with Gasteiger partial charge < -0.3 is 10.2 Å². The molecular weight excluding hydrogens is 334 g/mol. The van der Waals surface area contributed by atoms with E-state index in [2.05, 4.69) is 10.7 Å². The lowest BCUT2D eigenvalue weighted by molar-refractivity contribution is -0.156. The molecule has 2 N–H and O–H groups in total. The Morgan fingerprint density at radius 2 is 1.81 bits per heavy atom. The van der Waals surface area contributed by atoms with Gasteiger partial charge in [0.1, 0.15) is 0 Å². The van der Waals surface area contributed by atoms with Crippen molar-refractivity contribution >= 4 is 17.8 Å². The summed E-state index contributed by atoms with van der Waals surface area (Å²) in [7, 11) is 3.40. The van der Waals surface area contributed by atoms with E-state index < -0.39 is 6.29 Å². The Morgan fingerprint density at radius 3 is 2.54 bits per heavy atom. The van der Waals surface area contributed by atoms with Crippen LogP contribution in [0, 0.1) is 11.8 Å². The highest BCUT2D eigenvalue weighted by Gasteiger charge is 2.54. The van der Waals surface area contributed by atoms with Crippen molar-refractivity contribution in [2.75, 3.05) is 14.1 Å². The van der Waals surface area contributed by atoms with Crippen LogP contribution in [-0.2, 0) is 9.59 Å². The van der Waals surface area contributed by atoms with Crippen molar-refractivity contribution in [2.45, 2.75) is 69.7 Å². The maximum atomic E-state index is 12.8. The van der Waals surface area contributed by atoms with Crippen LogP contribution in [0.4, 0.5) is 4.79 Å². The largest absolute Gasteiger partial charge is 0.353 e. The minimum Gasteiger partial charge on any atom is -0.353 e. The Balaban J connectivity index is 1.47. The summed E-state index contributed by atoms with van der Waals surface area (Å²) < 4.78 is 0. The van der Waals surface area contributed by atoms with Crippen molar-refractivity contribution in [1.82, 2.24) is 25.6 Å². The number of hydrogen-bond donors (Lipinski definition) is 2. The molecule has 4 atom stereocenters. The number of carbonyl (C=O) groups is 3. The molecule has 0 spiro atoms. The Morgan fingerprint density at radius 1 is 1.08 bits per heavy atom. The topological polar surface area (TPSA) is 85.0 Å². The normalized spacial score (nSPS) is 35.4. The van der Waals surface area contributed by atoms with Crippen LogP contribution in [0.3, 0.4) is 0 Å². The standard InChI is InChI=1S/C18H29N5O3/c1-21-16(25)13-9-8-11(15(24)19-12-6-4-3-5-7-12)10-14(13)23-17(21)20-22(2)18(23)26/h11-14,17,20H,3-10H2,1-2H3,(H,19,24). The summed E-state index contributed by atoms with van der Waals surface area (Å²) in [6, 6.07) is -0.0377. The number of fused-ring (bicyclic) bond motifs is 3. The van der Waals surface area contributed by atoms with E-state index in [0.29, 0.717) is 18.9 Å². The molecule has 4 fully saturated rings. The summed E-state index contributed by atoms with van der Waals surface area (Å²) >= 11 is 0. The van der Waals surface area contributed by atoms with Gasteiger partial charge >= 0.3 is 6.03 Å². The quantitative estimate of drug-likeness (QED) is 0.762. The SMILES string of the molecule is CN1NC2N(C)C(=O)C3CCC(C(=O)NC4CCCCC4)CC3N2C1=O. The molecule has 2 aliphatic carbocycles. The number of rotatable bonds is 2. The summed E-state index contributed by atoms with van der Waals surface area (Å²) in [5.41, 5.74) is 3.04. The van der Waals surface area contributed by atoms with Crippen molar-refractivity contribution in [3.63, 3.8) is 0 Å². The average molecular weight is 363 g/mol. The molecule has 0 aromatic carbocycles. The van der Waals surface area contributed by atoms with Gasteiger partial charge in [-0.1, -0.05) is 19.3 Å². The molecule has 4 aliphatic rings. The summed E-state index contributed by atoms with van der Waals surface area (Å²) in [5.74, 6) is -0.148. The van der Waals surface area contributed by atoms with E-state index in [1.807, 2.05) is 0 Å². The number of hydrogen-bond acceptors (Lipinski definition) is 4. The molecule has 8 nitrogen and oxygen atoms in total. The Labute approximate surface area is 154 Å². The summed E-state index contributed by atoms with van der Waals surface area (Å²) in [6.07, 6.45) is 7.26. The highest BCUT2D eigenvalue weighted by Crippen LogP contribution is 2.39. The Bertz CT molecular complexity index is 606. The minimum atomic E-state index is -0.443. The lowest BCUT2D eigenvalue weighted by atomic mass is 9.75. The van der Waals surface area contributed by atoms with Gasteiger partial charge in [-0.2, -0.15) is 5.43 Å². The second kappa shape index (κ2) is 6.72. The third-order valence-electron chi connectivity index (χ3n) is 6.61. The fourth-order valence-corrected chi connectivity index (χ4v) is 5.09. The fourth-order valence-electron chi connectivity index (χ4n) is 5.09. The first-order valence-corrected chi connectivity index (χ1v) is 9.86. The number of urea groups is 1. The zero-order valence-electron chi connectivity index (χ0n) is 15.6. The average Bonchev–Trinajstić information content (AvgIpc) is 2.95. The predicted molar refractivity (Wildman–Crippen MR) is 94.3 cm³/mol. The van der Waals surface area contributed by atoms with Gasteiger partial charge in [-0.3, -0.25) is 19.5 Å². The monoisotopic (exact) mass is 363 g/mol. The molecule has 4 amide bonds. The molecule has 2 heterocycles. The number of nitrogens with zero attached hydrogens (tertiary/aromatic N) is 3. The first-order valence-electron chi connectivity index (χ1n) is 9.86. The maximum Gasteiger partial charge on any atom is 0.337 e. The van der Waals surface area contributed by atoms with E-state index in [1.54, 1.807) is 23.9 Å². The molecule has 0 aromatic heterocycles. The van der Waals surface area contributed by atoms with Crippen LogP contribution in [-0.4, -0.2) is 65.1 Å². The van der Waals surface area contributed by atoms with Gasteiger partial charge in [-0.25, -0.2) is 4.79 Å². The highest BCUT2D eigenvalue weighted by atomic mass is 16.2. The lowest BCUT2D eigenvalue weighted by Crippen LogP contribution is -2.66. The smallest absolute Gasteiger partial charge is 0.337 e. The molecule has 2 saturated heterocycles. The van der Waals surface area contributed by atoms with E-state index in [0.717, 1.165) is 19.3 Å². The molecule has 144 valence electrons. The molecule has 2 aliphatic heterocycles. The number of amides is 4. The second-order valence-corrected chi connectivity index (χ2v) is 8.23. The number of hydrazine groups is 1. The summed E-state index contributed by atoms with van der Waals surface area (Å²) in [5, 5.41) is 4.65. The Kier molecular flexibility index (Phi) is 4.54. The van der Waals surface area contributed by atoms with E-state index >= 15 is 0 Å². The van der Waals surface area contributed by atoms with Crippen LogP contribution in [0.1, 0.15) is 51.4 Å². The fraction of sp³-hybridized carbons (Fsp3) is 0.833. The maximum absolute atomic E-state index is 12.8. The predicted octanol–water partition coefficient (Wildman–Crippen LogP) is 0.848. The van der Waals surface area contributed by atoms with Crippen molar-refractivity contribution in [1.29, 1.82) is 0 Å².